The highest BCUT2D eigenvalue weighted by molar-refractivity contribution is 6.36. The maximum atomic E-state index is 13.6. The third kappa shape index (κ3) is 7.80. The second-order valence-corrected chi connectivity index (χ2v) is 13.0. The summed E-state index contributed by atoms with van der Waals surface area (Å²) in [5, 5.41) is 13.2. The predicted octanol–water partition coefficient (Wildman–Crippen LogP) is 6.55. The number of nitrogens with zero attached hydrogens (tertiary/aromatic N) is 1. The van der Waals surface area contributed by atoms with E-state index < -0.39 is 17.9 Å². The number of carboxylic acids is 1. The number of likely N-dealkylation sites (tertiary alicyclic amines) is 1. The number of anilines is 1. The number of carboxylic acid groups (broad SMARTS) is 1. The Labute approximate surface area is 274 Å². The molecule has 2 aromatic rings. The van der Waals surface area contributed by atoms with E-state index in [1.165, 1.54) is 5.56 Å². The summed E-state index contributed by atoms with van der Waals surface area (Å²) in [4.78, 5) is 38.9. The molecule has 8 nitrogen and oxygen atoms in total. The molecule has 1 saturated heterocycles. The fraction of sp³-hybridized carbons (Fsp3) is 0.457. The number of carbonyl (C=O) groups is 3. The van der Waals surface area contributed by atoms with Crippen LogP contribution in [0.15, 0.2) is 54.6 Å². The van der Waals surface area contributed by atoms with Gasteiger partial charge in [-0.1, -0.05) is 72.6 Å². The summed E-state index contributed by atoms with van der Waals surface area (Å²) >= 11 is 13.4. The Morgan fingerprint density at radius 2 is 1.93 bits per heavy atom. The zero-order valence-corrected chi connectivity index (χ0v) is 27.1. The SMILES string of the molecule is COC1C[C@@H](CO[C@@H]2C=C[C@@H](C(=O)O)CC2)N(C(=O)Cc2cc(Cl)c(NC(C=O)C3=CCCC(C)c4ccccc43)cc2Cl)C1. The number of amides is 1. The molecular weight excluding hydrogens is 615 g/mol. The Hall–Kier alpha value is -3.17. The molecule has 2 N–H and O–H groups in total. The molecule has 2 aromatic carbocycles. The van der Waals surface area contributed by atoms with Gasteiger partial charge in [-0.25, -0.2) is 0 Å². The van der Waals surface area contributed by atoms with Gasteiger partial charge in [0.2, 0.25) is 5.91 Å². The van der Waals surface area contributed by atoms with Gasteiger partial charge in [-0.05, 0) is 72.4 Å². The second kappa shape index (κ2) is 14.9. The molecule has 6 atom stereocenters. The average Bonchev–Trinajstić information content (AvgIpc) is 3.39. The van der Waals surface area contributed by atoms with Crippen LogP contribution in [0.25, 0.3) is 5.57 Å². The van der Waals surface area contributed by atoms with Gasteiger partial charge in [0.1, 0.15) is 12.3 Å². The Morgan fingerprint density at radius 1 is 1.13 bits per heavy atom. The molecule has 2 aliphatic carbocycles. The molecule has 0 aromatic heterocycles. The van der Waals surface area contributed by atoms with Crippen LogP contribution in [0, 0.1) is 5.92 Å². The standard InChI is InChI=1S/C35H40Cl2N2O6/c1-21-6-5-9-29(28-8-4-3-7-27(21)28)33(19-40)38-32-17-30(36)23(14-31(32)37)15-34(41)39-18-26(44-2)16-24(39)20-45-25-12-10-22(11-13-25)35(42)43/h3-4,7-10,12,14,17,19,21-22,24-26,33,38H,5-6,11,13,15-16,18,20H2,1-2H3,(H,42,43)/t21?,22-,24+,25-,26?,33?/m1/s1. The monoisotopic (exact) mass is 654 g/mol. The molecule has 5 rings (SSSR count). The lowest BCUT2D eigenvalue weighted by atomic mass is 9.90. The van der Waals surface area contributed by atoms with Crippen molar-refractivity contribution >= 4 is 52.6 Å². The summed E-state index contributed by atoms with van der Waals surface area (Å²) in [6.45, 7) is 2.96. The van der Waals surface area contributed by atoms with Crippen LogP contribution in [0.5, 0.6) is 0 Å². The van der Waals surface area contributed by atoms with E-state index in [-0.39, 0.29) is 30.6 Å². The first-order valence-corrected chi connectivity index (χ1v) is 16.3. The topological polar surface area (TPSA) is 105 Å². The van der Waals surface area contributed by atoms with Crippen molar-refractivity contribution in [3.63, 3.8) is 0 Å². The second-order valence-electron chi connectivity index (χ2n) is 12.2. The zero-order valence-electron chi connectivity index (χ0n) is 25.6. The maximum Gasteiger partial charge on any atom is 0.310 e. The van der Waals surface area contributed by atoms with Gasteiger partial charge in [-0.15, -0.1) is 0 Å². The van der Waals surface area contributed by atoms with E-state index in [1.54, 1.807) is 36.3 Å². The third-order valence-electron chi connectivity index (χ3n) is 9.20. The number of aldehydes is 1. The van der Waals surface area contributed by atoms with Crippen molar-refractivity contribution < 1.29 is 29.0 Å². The fourth-order valence-corrected chi connectivity index (χ4v) is 7.04. The molecule has 0 saturated carbocycles. The van der Waals surface area contributed by atoms with Crippen molar-refractivity contribution in [2.45, 2.75) is 75.7 Å². The number of hydrogen-bond donors (Lipinski definition) is 2. The molecule has 1 heterocycles. The van der Waals surface area contributed by atoms with Crippen LogP contribution in [-0.2, 0) is 30.3 Å². The van der Waals surface area contributed by atoms with Crippen LogP contribution in [-0.4, -0.2) is 72.7 Å². The Kier molecular flexibility index (Phi) is 11.0. The number of nitrogens with one attached hydrogen (secondary N) is 1. The predicted molar refractivity (Wildman–Crippen MR) is 176 cm³/mol. The van der Waals surface area contributed by atoms with E-state index >= 15 is 0 Å². The van der Waals surface area contributed by atoms with Crippen molar-refractivity contribution in [1.29, 1.82) is 0 Å². The minimum Gasteiger partial charge on any atom is -0.481 e. The summed E-state index contributed by atoms with van der Waals surface area (Å²) in [5.41, 5.74) is 4.29. The smallest absolute Gasteiger partial charge is 0.310 e. The van der Waals surface area contributed by atoms with Gasteiger partial charge in [0.05, 0.1) is 47.9 Å². The number of benzene rings is 2. The molecule has 1 aliphatic heterocycles. The minimum absolute atomic E-state index is 0.0446. The summed E-state index contributed by atoms with van der Waals surface area (Å²) < 4.78 is 11.7. The van der Waals surface area contributed by atoms with E-state index in [4.69, 9.17) is 32.7 Å². The first-order valence-electron chi connectivity index (χ1n) is 15.5. The zero-order chi connectivity index (χ0) is 32.1. The lowest BCUT2D eigenvalue weighted by Crippen LogP contribution is -2.40. The van der Waals surface area contributed by atoms with E-state index in [0.717, 1.165) is 30.3 Å². The molecule has 0 radical (unpaired) electrons. The van der Waals surface area contributed by atoms with Crippen molar-refractivity contribution in [2.75, 3.05) is 25.6 Å². The molecule has 0 spiro atoms. The minimum atomic E-state index is -0.830. The van der Waals surface area contributed by atoms with Crippen LogP contribution in [0.4, 0.5) is 5.69 Å². The number of fused-ring (bicyclic) bond motifs is 1. The number of methoxy groups -OCH3 is 1. The molecule has 0 bridgehead atoms. The van der Waals surface area contributed by atoms with Crippen LogP contribution in [0.3, 0.4) is 0 Å². The van der Waals surface area contributed by atoms with Gasteiger partial charge >= 0.3 is 5.97 Å². The van der Waals surface area contributed by atoms with E-state index in [2.05, 4.69) is 30.4 Å². The first-order chi connectivity index (χ1) is 21.7. The molecule has 10 heteroatoms. The Bertz CT molecular complexity index is 1480. The highest BCUT2D eigenvalue weighted by atomic mass is 35.5. The van der Waals surface area contributed by atoms with Crippen LogP contribution < -0.4 is 5.32 Å². The lowest BCUT2D eigenvalue weighted by Gasteiger charge is -2.27. The van der Waals surface area contributed by atoms with Gasteiger partial charge in [0, 0.05) is 18.7 Å². The van der Waals surface area contributed by atoms with E-state index in [1.807, 2.05) is 12.1 Å². The summed E-state index contributed by atoms with van der Waals surface area (Å²) in [5.74, 6) is -1.05. The van der Waals surface area contributed by atoms with Gasteiger partial charge in [-0.3, -0.25) is 9.59 Å². The summed E-state index contributed by atoms with van der Waals surface area (Å²) in [7, 11) is 1.63. The number of rotatable bonds is 11. The largest absolute Gasteiger partial charge is 0.481 e. The average molecular weight is 656 g/mol. The molecule has 1 amide bonds. The number of aliphatic carboxylic acids is 1. The highest BCUT2D eigenvalue weighted by Crippen LogP contribution is 2.37. The molecule has 1 fully saturated rings. The lowest BCUT2D eigenvalue weighted by molar-refractivity contribution is -0.141. The van der Waals surface area contributed by atoms with Crippen molar-refractivity contribution in [3.8, 4) is 0 Å². The maximum absolute atomic E-state index is 13.6. The fourth-order valence-electron chi connectivity index (χ4n) is 6.57. The number of allylic oxidation sites excluding steroid dienone is 1. The third-order valence-corrected chi connectivity index (χ3v) is 9.86. The van der Waals surface area contributed by atoms with Crippen LogP contribution in [0.1, 0.15) is 61.6 Å². The normalized spacial score (nSPS) is 25.2. The molecule has 240 valence electrons. The van der Waals surface area contributed by atoms with Gasteiger partial charge < -0.3 is 29.6 Å². The van der Waals surface area contributed by atoms with E-state index in [0.29, 0.717) is 59.6 Å². The number of halogens is 2. The van der Waals surface area contributed by atoms with Crippen LogP contribution in [0.2, 0.25) is 10.0 Å². The van der Waals surface area contributed by atoms with Gasteiger partial charge in [-0.2, -0.15) is 0 Å². The van der Waals surface area contributed by atoms with Crippen molar-refractivity contribution in [1.82, 2.24) is 4.90 Å². The Balaban J connectivity index is 1.26. The Morgan fingerprint density at radius 3 is 2.64 bits per heavy atom. The quantitative estimate of drug-likeness (QED) is 0.209. The van der Waals surface area contributed by atoms with E-state index in [9.17, 15) is 19.5 Å². The number of ether oxygens (including phenoxy) is 2. The van der Waals surface area contributed by atoms with Crippen molar-refractivity contribution in [2.24, 2.45) is 5.92 Å². The van der Waals surface area contributed by atoms with Crippen molar-refractivity contribution in [3.05, 3.63) is 81.4 Å². The molecule has 3 unspecified atom stereocenters. The molecule has 45 heavy (non-hydrogen) atoms. The number of carbonyl (C=O) groups excluding carboxylic acids is 2. The summed E-state index contributed by atoms with van der Waals surface area (Å²) in [6, 6.07) is 10.7. The van der Waals surface area contributed by atoms with Gasteiger partial charge in [0.25, 0.3) is 0 Å². The first kappa shape index (κ1) is 33.2. The van der Waals surface area contributed by atoms with Gasteiger partial charge in [0.15, 0.2) is 0 Å². The number of hydrogen-bond acceptors (Lipinski definition) is 6. The molecule has 3 aliphatic rings. The summed E-state index contributed by atoms with van der Waals surface area (Å²) in [6.07, 6.45) is 9.87. The molecular formula is C35H40Cl2N2O6. The van der Waals surface area contributed by atoms with Crippen LogP contribution >= 0.6 is 23.2 Å². The highest BCUT2D eigenvalue weighted by Gasteiger charge is 2.36.